The molecule has 0 amide bonds. The van der Waals surface area contributed by atoms with Crippen LogP contribution < -0.4 is 10.1 Å². The number of rotatable bonds is 6. The molecule has 1 unspecified atom stereocenters. The summed E-state index contributed by atoms with van der Waals surface area (Å²) in [6.45, 7) is 4.16. The van der Waals surface area contributed by atoms with Gasteiger partial charge in [-0.3, -0.25) is 0 Å². The third-order valence-corrected chi connectivity index (χ3v) is 2.73. The first kappa shape index (κ1) is 13.3. The van der Waals surface area contributed by atoms with Crippen LogP contribution in [0.15, 0.2) is 0 Å². The number of hydrogen-bond donors (Lipinski definition) is 2. The lowest BCUT2D eigenvalue weighted by Crippen LogP contribution is -2.22. The number of nitrogens with zero attached hydrogens (tertiary/aromatic N) is 3. The van der Waals surface area contributed by atoms with Crippen LogP contribution >= 0.6 is 11.6 Å². The van der Waals surface area contributed by atoms with Crippen molar-refractivity contribution in [2.24, 2.45) is 5.92 Å². The summed E-state index contributed by atoms with van der Waals surface area (Å²) >= 11 is 5.78. The van der Waals surface area contributed by atoms with Crippen LogP contribution in [0.3, 0.4) is 0 Å². The van der Waals surface area contributed by atoms with Crippen molar-refractivity contribution in [1.82, 2.24) is 15.0 Å². The lowest BCUT2D eigenvalue weighted by Gasteiger charge is -2.12. The Hall–Kier alpha value is -1.14. The van der Waals surface area contributed by atoms with Crippen molar-refractivity contribution in [3.05, 3.63) is 5.28 Å². The zero-order valence-electron chi connectivity index (χ0n) is 10.4. The molecule has 0 saturated heterocycles. The molecule has 0 spiro atoms. The summed E-state index contributed by atoms with van der Waals surface area (Å²) in [5.74, 6) is 0.728. The van der Waals surface area contributed by atoms with Crippen LogP contribution in [0.1, 0.15) is 26.7 Å². The van der Waals surface area contributed by atoms with Crippen molar-refractivity contribution in [2.45, 2.75) is 38.9 Å². The molecule has 18 heavy (non-hydrogen) atoms. The number of aliphatic hydroxyl groups excluding tert-OH is 1. The number of aliphatic hydroxyl groups is 1. The maximum Gasteiger partial charge on any atom is 0.322 e. The molecular formula is C11H17ClN4O2. The average Bonchev–Trinajstić information content (AvgIpc) is 3.07. The average molecular weight is 273 g/mol. The Morgan fingerprint density at radius 2 is 2.11 bits per heavy atom. The quantitative estimate of drug-likeness (QED) is 0.817. The maximum atomic E-state index is 9.74. The smallest absolute Gasteiger partial charge is 0.322 e. The molecule has 1 aromatic rings. The van der Waals surface area contributed by atoms with Crippen LogP contribution in [0, 0.1) is 5.92 Å². The van der Waals surface area contributed by atoms with Crippen molar-refractivity contribution in [1.29, 1.82) is 0 Å². The van der Waals surface area contributed by atoms with Gasteiger partial charge in [-0.25, -0.2) is 0 Å². The van der Waals surface area contributed by atoms with Gasteiger partial charge in [0, 0.05) is 6.54 Å². The minimum Gasteiger partial charge on any atom is -0.461 e. The van der Waals surface area contributed by atoms with E-state index in [1.54, 1.807) is 0 Å². The van der Waals surface area contributed by atoms with Gasteiger partial charge in [0.25, 0.3) is 0 Å². The molecule has 0 aromatic carbocycles. The van der Waals surface area contributed by atoms with Gasteiger partial charge >= 0.3 is 6.01 Å². The van der Waals surface area contributed by atoms with Crippen molar-refractivity contribution in [3.63, 3.8) is 0 Å². The summed E-state index contributed by atoms with van der Waals surface area (Å²) < 4.78 is 5.35. The highest BCUT2D eigenvalue weighted by molar-refractivity contribution is 6.28. The molecule has 2 N–H and O–H groups in total. The second-order valence-electron chi connectivity index (χ2n) is 4.66. The second-order valence-corrected chi connectivity index (χ2v) is 5.00. The Balaban J connectivity index is 1.95. The molecule has 1 aromatic heterocycles. The van der Waals surface area contributed by atoms with E-state index < -0.39 is 0 Å². The highest BCUT2D eigenvalue weighted by Crippen LogP contribution is 2.32. The minimum absolute atomic E-state index is 0.0339. The maximum absolute atomic E-state index is 9.74. The zero-order chi connectivity index (χ0) is 13.1. The van der Waals surface area contributed by atoms with E-state index >= 15 is 0 Å². The van der Waals surface area contributed by atoms with Crippen molar-refractivity contribution < 1.29 is 9.84 Å². The first-order valence-electron chi connectivity index (χ1n) is 6.04. The molecule has 1 fully saturated rings. The molecule has 6 nitrogen and oxygen atoms in total. The van der Waals surface area contributed by atoms with E-state index in [0.29, 0.717) is 18.4 Å². The summed E-state index contributed by atoms with van der Waals surface area (Å²) in [5.41, 5.74) is 0. The van der Waals surface area contributed by atoms with Crippen LogP contribution in [0.5, 0.6) is 6.01 Å². The van der Waals surface area contributed by atoms with Gasteiger partial charge < -0.3 is 15.2 Å². The van der Waals surface area contributed by atoms with Crippen LogP contribution in [-0.4, -0.2) is 38.8 Å². The number of anilines is 1. The topological polar surface area (TPSA) is 80.2 Å². The third-order valence-electron chi connectivity index (χ3n) is 2.56. The van der Waals surface area contributed by atoms with E-state index in [-0.39, 0.29) is 23.5 Å². The fraction of sp³-hybridized carbons (Fsp3) is 0.727. The zero-order valence-corrected chi connectivity index (χ0v) is 11.2. The highest BCUT2D eigenvalue weighted by atomic mass is 35.5. The van der Waals surface area contributed by atoms with Gasteiger partial charge in [-0.15, -0.1) is 0 Å². The number of aromatic nitrogens is 3. The molecule has 2 rings (SSSR count). The molecule has 1 atom stereocenters. The molecule has 0 bridgehead atoms. The summed E-state index contributed by atoms with van der Waals surface area (Å²) in [7, 11) is 0. The van der Waals surface area contributed by atoms with Gasteiger partial charge in [0.05, 0.1) is 12.2 Å². The van der Waals surface area contributed by atoms with Gasteiger partial charge in [-0.2, -0.15) is 15.0 Å². The Labute approximate surface area is 111 Å². The highest BCUT2D eigenvalue weighted by Gasteiger charge is 2.29. The predicted molar refractivity (Wildman–Crippen MR) is 67.8 cm³/mol. The summed E-state index contributed by atoms with van der Waals surface area (Å²) in [6, 6.07) is 0.188. The molecule has 0 aliphatic heterocycles. The van der Waals surface area contributed by atoms with Gasteiger partial charge in [0.1, 0.15) is 0 Å². The number of nitrogens with one attached hydrogen (secondary N) is 1. The molecule has 1 heterocycles. The second kappa shape index (κ2) is 5.67. The summed E-state index contributed by atoms with van der Waals surface area (Å²) in [6.07, 6.45) is 1.77. The van der Waals surface area contributed by atoms with Gasteiger partial charge in [0.2, 0.25) is 11.2 Å². The summed E-state index contributed by atoms with van der Waals surface area (Å²) in [4.78, 5) is 11.9. The van der Waals surface area contributed by atoms with Crippen LogP contribution in [0.4, 0.5) is 5.95 Å². The lowest BCUT2D eigenvalue weighted by atomic mass is 10.2. The van der Waals surface area contributed by atoms with Crippen LogP contribution in [-0.2, 0) is 0 Å². The van der Waals surface area contributed by atoms with Crippen LogP contribution in [0.25, 0.3) is 0 Å². The molecule has 1 aliphatic carbocycles. The van der Waals surface area contributed by atoms with Crippen molar-refractivity contribution in [2.75, 3.05) is 11.9 Å². The van der Waals surface area contributed by atoms with Gasteiger partial charge in [0.15, 0.2) is 0 Å². The van der Waals surface area contributed by atoms with Crippen LogP contribution in [0.2, 0.25) is 5.28 Å². The normalized spacial score (nSPS) is 16.7. The standard InChI is InChI=1S/C11H17ClN4O2/c1-6(2)18-11-15-9(12)14-10(16-11)13-5-8(17)7-3-4-7/h6-8,17H,3-5H2,1-2H3,(H,13,14,15,16). The van der Waals surface area contributed by atoms with Gasteiger partial charge in [-0.05, 0) is 44.2 Å². The first-order chi connectivity index (χ1) is 8.54. The van der Waals surface area contributed by atoms with E-state index in [1.165, 1.54) is 0 Å². The molecule has 0 radical (unpaired) electrons. The monoisotopic (exact) mass is 272 g/mol. The van der Waals surface area contributed by atoms with Crippen molar-refractivity contribution >= 4 is 17.5 Å². The molecular weight excluding hydrogens is 256 g/mol. The van der Waals surface area contributed by atoms with E-state index in [0.717, 1.165) is 12.8 Å². The minimum atomic E-state index is -0.366. The van der Waals surface area contributed by atoms with E-state index in [9.17, 15) is 5.11 Å². The van der Waals surface area contributed by atoms with E-state index in [1.807, 2.05) is 13.8 Å². The van der Waals surface area contributed by atoms with E-state index in [2.05, 4.69) is 20.3 Å². The van der Waals surface area contributed by atoms with Gasteiger partial charge in [-0.1, -0.05) is 0 Å². The third kappa shape index (κ3) is 3.96. The number of ether oxygens (including phenoxy) is 1. The molecule has 100 valence electrons. The number of hydrogen-bond acceptors (Lipinski definition) is 6. The van der Waals surface area contributed by atoms with Crippen molar-refractivity contribution in [3.8, 4) is 6.01 Å². The molecule has 7 heteroatoms. The Morgan fingerprint density at radius 3 is 2.72 bits per heavy atom. The molecule has 1 aliphatic rings. The number of halogens is 1. The Morgan fingerprint density at radius 1 is 1.39 bits per heavy atom. The fourth-order valence-electron chi connectivity index (χ4n) is 1.52. The Bertz CT molecular complexity index is 412. The largest absolute Gasteiger partial charge is 0.461 e. The summed E-state index contributed by atoms with van der Waals surface area (Å²) in [5, 5.41) is 12.8. The Kier molecular flexibility index (Phi) is 4.19. The first-order valence-corrected chi connectivity index (χ1v) is 6.42. The van der Waals surface area contributed by atoms with E-state index in [4.69, 9.17) is 16.3 Å². The SMILES string of the molecule is CC(C)Oc1nc(Cl)nc(NCC(O)C2CC2)n1. The lowest BCUT2D eigenvalue weighted by molar-refractivity contribution is 0.164. The fourth-order valence-corrected chi connectivity index (χ4v) is 1.67. The molecule has 1 saturated carbocycles. The predicted octanol–water partition coefficient (Wildman–Crippen LogP) is 1.49.